The van der Waals surface area contributed by atoms with E-state index in [1.54, 1.807) is 0 Å². The van der Waals surface area contributed by atoms with E-state index in [0.717, 1.165) is 42.5 Å². The summed E-state index contributed by atoms with van der Waals surface area (Å²) in [6.07, 6.45) is 4.80. The van der Waals surface area contributed by atoms with E-state index in [9.17, 15) is 14.7 Å². The van der Waals surface area contributed by atoms with Crippen LogP contribution in [0.4, 0.5) is 21.9 Å². The zero-order valence-corrected chi connectivity index (χ0v) is 20.4. The number of nitrogens with zero attached hydrogens (tertiary/aromatic N) is 1. The zero-order valence-electron chi connectivity index (χ0n) is 20.4. The number of urea groups is 1. The monoisotopic (exact) mass is 467 g/mol. The highest BCUT2D eigenvalue weighted by Crippen LogP contribution is 2.38. The van der Waals surface area contributed by atoms with E-state index >= 15 is 0 Å². The normalized spacial score (nSPS) is 18.8. The van der Waals surface area contributed by atoms with Gasteiger partial charge in [0.2, 0.25) is 0 Å². The SMILES string of the molecule is CCCC1CC(Nc2ccc(C(CC)CC(=O)O)cc2N(C(N)=O)c2ccccc2C)CCO1. The number of hydrogen-bond donors (Lipinski definition) is 3. The fourth-order valence-electron chi connectivity index (χ4n) is 4.75. The smallest absolute Gasteiger partial charge is 0.323 e. The molecule has 1 aliphatic rings. The third-order valence-corrected chi connectivity index (χ3v) is 6.56. The minimum absolute atomic E-state index is 0.0301. The number of nitrogens with one attached hydrogen (secondary N) is 1. The van der Waals surface area contributed by atoms with E-state index in [4.69, 9.17) is 10.5 Å². The third-order valence-electron chi connectivity index (χ3n) is 6.56. The second kappa shape index (κ2) is 11.9. The molecule has 3 unspecified atom stereocenters. The van der Waals surface area contributed by atoms with Gasteiger partial charge in [0.25, 0.3) is 0 Å². The predicted molar refractivity (Wildman–Crippen MR) is 136 cm³/mol. The number of carbonyl (C=O) groups excluding carboxylic acids is 1. The Balaban J connectivity index is 2.05. The van der Waals surface area contributed by atoms with Crippen molar-refractivity contribution in [2.24, 2.45) is 5.73 Å². The maximum absolute atomic E-state index is 12.8. The molecule has 2 aromatic carbocycles. The number of primary amides is 1. The van der Waals surface area contributed by atoms with Crippen molar-refractivity contribution >= 4 is 29.1 Å². The number of aryl methyl sites for hydroxylation is 1. The van der Waals surface area contributed by atoms with Gasteiger partial charge >= 0.3 is 12.0 Å². The summed E-state index contributed by atoms with van der Waals surface area (Å²) in [6.45, 7) is 6.77. The Morgan fingerprint density at radius 2 is 1.97 bits per heavy atom. The summed E-state index contributed by atoms with van der Waals surface area (Å²) in [5, 5.41) is 13.0. The maximum Gasteiger partial charge on any atom is 0.323 e. The summed E-state index contributed by atoms with van der Waals surface area (Å²) < 4.78 is 5.91. The van der Waals surface area contributed by atoms with Crippen molar-refractivity contribution in [1.29, 1.82) is 0 Å². The molecule has 0 saturated carbocycles. The van der Waals surface area contributed by atoms with Crippen LogP contribution < -0.4 is 16.0 Å². The molecule has 0 bridgehead atoms. The van der Waals surface area contributed by atoms with Gasteiger partial charge in [-0.2, -0.15) is 0 Å². The number of amides is 2. The molecule has 0 radical (unpaired) electrons. The van der Waals surface area contributed by atoms with Gasteiger partial charge in [0.15, 0.2) is 0 Å². The average Bonchev–Trinajstić information content (AvgIpc) is 2.80. The fourth-order valence-corrected chi connectivity index (χ4v) is 4.75. The molecule has 1 heterocycles. The maximum atomic E-state index is 12.8. The Morgan fingerprint density at radius 1 is 1.21 bits per heavy atom. The van der Waals surface area contributed by atoms with E-state index in [2.05, 4.69) is 12.2 Å². The Kier molecular flexibility index (Phi) is 8.93. The lowest BCUT2D eigenvalue weighted by atomic mass is 9.92. The second-order valence-corrected chi connectivity index (χ2v) is 9.09. The molecular weight excluding hydrogens is 430 g/mol. The molecule has 2 amide bonds. The van der Waals surface area contributed by atoms with Crippen molar-refractivity contribution in [3.8, 4) is 0 Å². The number of para-hydroxylation sites is 1. The summed E-state index contributed by atoms with van der Waals surface area (Å²) in [7, 11) is 0. The molecule has 0 aromatic heterocycles. The standard InChI is InChI=1S/C27H37N3O4/c1-4-8-22-17-21(13-14-34-22)29-23-12-11-20(19(5-2)16-26(31)32)15-25(23)30(27(28)33)24-10-7-6-9-18(24)3/h6-7,9-12,15,19,21-22,29H,4-5,8,13-14,16-17H2,1-3H3,(H2,28,33)(H,31,32). The molecular formula is C27H37N3O4. The first-order chi connectivity index (χ1) is 16.3. The van der Waals surface area contributed by atoms with Gasteiger partial charge in [-0.1, -0.05) is 44.5 Å². The van der Waals surface area contributed by atoms with Crippen LogP contribution in [-0.2, 0) is 9.53 Å². The molecule has 184 valence electrons. The lowest BCUT2D eigenvalue weighted by molar-refractivity contribution is -0.137. The van der Waals surface area contributed by atoms with Gasteiger partial charge in [-0.25, -0.2) is 4.79 Å². The number of anilines is 3. The molecule has 0 spiro atoms. The number of carboxylic acids is 1. The first-order valence-electron chi connectivity index (χ1n) is 12.2. The van der Waals surface area contributed by atoms with E-state index < -0.39 is 12.0 Å². The number of nitrogens with two attached hydrogens (primary N) is 1. The van der Waals surface area contributed by atoms with Gasteiger partial charge in [-0.15, -0.1) is 0 Å². The summed E-state index contributed by atoms with van der Waals surface area (Å²) >= 11 is 0. The zero-order chi connectivity index (χ0) is 24.7. The molecule has 4 N–H and O–H groups in total. The molecule has 1 saturated heterocycles. The average molecular weight is 468 g/mol. The summed E-state index contributed by atoms with van der Waals surface area (Å²) in [6, 6.07) is 13.1. The van der Waals surface area contributed by atoms with Gasteiger partial charge in [0, 0.05) is 12.6 Å². The van der Waals surface area contributed by atoms with Crippen LogP contribution in [0.2, 0.25) is 0 Å². The van der Waals surface area contributed by atoms with Crippen molar-refractivity contribution in [3.05, 3.63) is 53.6 Å². The van der Waals surface area contributed by atoms with Crippen LogP contribution >= 0.6 is 0 Å². The topological polar surface area (TPSA) is 105 Å². The van der Waals surface area contributed by atoms with E-state index in [0.29, 0.717) is 24.4 Å². The number of rotatable bonds is 10. The Bertz CT molecular complexity index is 992. The third kappa shape index (κ3) is 6.29. The Morgan fingerprint density at radius 3 is 2.62 bits per heavy atom. The van der Waals surface area contributed by atoms with Gasteiger partial charge in [0.1, 0.15) is 0 Å². The second-order valence-electron chi connectivity index (χ2n) is 9.09. The number of hydrogen-bond acceptors (Lipinski definition) is 4. The number of benzene rings is 2. The van der Waals surface area contributed by atoms with Crippen molar-refractivity contribution in [3.63, 3.8) is 0 Å². The Hall–Kier alpha value is -3.06. The summed E-state index contributed by atoms with van der Waals surface area (Å²) in [4.78, 5) is 25.7. The molecule has 34 heavy (non-hydrogen) atoms. The molecule has 1 fully saturated rings. The first kappa shape index (κ1) is 25.6. The highest BCUT2D eigenvalue weighted by molar-refractivity contribution is 6.02. The van der Waals surface area contributed by atoms with Crippen molar-refractivity contribution < 1.29 is 19.4 Å². The van der Waals surface area contributed by atoms with Crippen molar-refractivity contribution in [1.82, 2.24) is 0 Å². The molecule has 3 rings (SSSR count). The van der Waals surface area contributed by atoms with Crippen LogP contribution in [0.1, 0.15) is 69.4 Å². The highest BCUT2D eigenvalue weighted by atomic mass is 16.5. The minimum atomic E-state index is -0.842. The molecule has 7 nitrogen and oxygen atoms in total. The molecule has 2 aromatic rings. The van der Waals surface area contributed by atoms with Crippen molar-refractivity contribution in [2.75, 3.05) is 16.8 Å². The van der Waals surface area contributed by atoms with Crippen LogP contribution in [0.25, 0.3) is 0 Å². The van der Waals surface area contributed by atoms with Gasteiger partial charge in [-0.05, 0) is 67.9 Å². The van der Waals surface area contributed by atoms with Crippen LogP contribution in [0, 0.1) is 6.92 Å². The largest absolute Gasteiger partial charge is 0.481 e. The molecule has 3 atom stereocenters. The number of ether oxygens (including phenoxy) is 1. The van der Waals surface area contributed by atoms with Crippen LogP contribution in [0.5, 0.6) is 0 Å². The van der Waals surface area contributed by atoms with E-state index in [1.165, 1.54) is 4.90 Å². The number of carboxylic acid groups (broad SMARTS) is 1. The molecule has 1 aliphatic heterocycles. The Labute approximate surface area is 202 Å². The lowest BCUT2D eigenvalue weighted by Crippen LogP contribution is -2.36. The van der Waals surface area contributed by atoms with Crippen LogP contribution in [0.15, 0.2) is 42.5 Å². The van der Waals surface area contributed by atoms with Crippen LogP contribution in [-0.4, -0.2) is 35.9 Å². The van der Waals surface area contributed by atoms with Gasteiger partial charge < -0.3 is 20.9 Å². The fraction of sp³-hybridized carbons (Fsp3) is 0.481. The molecule has 0 aliphatic carbocycles. The highest BCUT2D eigenvalue weighted by Gasteiger charge is 2.26. The minimum Gasteiger partial charge on any atom is -0.481 e. The van der Waals surface area contributed by atoms with Crippen molar-refractivity contribution in [2.45, 2.75) is 77.4 Å². The van der Waals surface area contributed by atoms with E-state index in [1.807, 2.05) is 56.3 Å². The lowest BCUT2D eigenvalue weighted by Gasteiger charge is -2.33. The quantitative estimate of drug-likeness (QED) is 0.401. The number of carbonyl (C=O) groups is 2. The predicted octanol–water partition coefficient (Wildman–Crippen LogP) is 5.94. The first-order valence-corrected chi connectivity index (χ1v) is 12.2. The van der Waals surface area contributed by atoms with Gasteiger partial charge in [-0.3, -0.25) is 9.69 Å². The summed E-state index contributed by atoms with van der Waals surface area (Å²) in [5.74, 6) is -1.00. The van der Waals surface area contributed by atoms with E-state index in [-0.39, 0.29) is 24.5 Å². The molecule has 7 heteroatoms. The number of aliphatic carboxylic acids is 1. The van der Waals surface area contributed by atoms with Gasteiger partial charge in [0.05, 0.1) is 29.6 Å². The van der Waals surface area contributed by atoms with Crippen LogP contribution in [0.3, 0.4) is 0 Å². The summed E-state index contributed by atoms with van der Waals surface area (Å²) in [5.41, 5.74) is 9.86.